The molecule has 3 aliphatic rings. The van der Waals surface area contributed by atoms with E-state index in [1.165, 1.54) is 18.4 Å². The van der Waals surface area contributed by atoms with Gasteiger partial charge in [0, 0.05) is 55.9 Å². The average molecular weight is 364 g/mol. The normalized spacial score (nSPS) is 22.5. The molecule has 2 atom stereocenters. The first-order chi connectivity index (χ1) is 13.1. The van der Waals surface area contributed by atoms with Crippen LogP contribution in [0.1, 0.15) is 37.0 Å². The van der Waals surface area contributed by atoms with Crippen LogP contribution in [0.5, 0.6) is 0 Å². The quantitative estimate of drug-likeness (QED) is 0.781. The zero-order valence-corrected chi connectivity index (χ0v) is 16.2. The molecule has 4 heterocycles. The van der Waals surface area contributed by atoms with Gasteiger partial charge in [-0.2, -0.15) is 0 Å². The Morgan fingerprint density at radius 2 is 1.96 bits per heavy atom. The van der Waals surface area contributed by atoms with E-state index in [4.69, 9.17) is 0 Å². The molecule has 3 fully saturated rings. The Labute approximate surface area is 161 Å². The van der Waals surface area contributed by atoms with Crippen LogP contribution in [0.3, 0.4) is 0 Å². The first-order valence-electron chi connectivity index (χ1n) is 9.85. The molecule has 1 aromatic carbocycles. The van der Waals surface area contributed by atoms with E-state index in [1.807, 2.05) is 35.0 Å². The monoisotopic (exact) mass is 364 g/mol. The molecule has 2 bridgehead atoms. The number of carbonyl (C=O) groups is 1. The Kier molecular flexibility index (Phi) is 5.12. The molecule has 3 saturated heterocycles. The number of benzene rings is 1. The third-order valence-electron chi connectivity index (χ3n) is 5.77. The highest BCUT2D eigenvalue weighted by atomic mass is 16.2. The fraction of sp³-hybridized carbons (Fsp3) is 0.455. The van der Waals surface area contributed by atoms with Crippen molar-refractivity contribution in [1.29, 1.82) is 0 Å². The van der Waals surface area contributed by atoms with Crippen molar-refractivity contribution in [2.45, 2.75) is 32.7 Å². The number of allylic oxidation sites excluding steroid dienone is 1. The lowest BCUT2D eigenvalue weighted by atomic mass is 9.95. The summed E-state index contributed by atoms with van der Waals surface area (Å²) in [5.74, 6) is 0.747. The fourth-order valence-electron chi connectivity index (χ4n) is 4.24. The molecule has 0 N–H and O–H groups in total. The molecule has 1 aromatic heterocycles. The van der Waals surface area contributed by atoms with E-state index in [2.05, 4.69) is 34.7 Å². The Bertz CT molecular complexity index is 805. The van der Waals surface area contributed by atoms with Gasteiger partial charge in [-0.1, -0.05) is 11.6 Å². The summed E-state index contributed by atoms with van der Waals surface area (Å²) >= 11 is 0. The maximum Gasteiger partial charge on any atom is 0.253 e. The van der Waals surface area contributed by atoms with Gasteiger partial charge in [0.05, 0.1) is 6.33 Å². The lowest BCUT2D eigenvalue weighted by Gasteiger charge is -2.35. The number of hydrogen-bond acceptors (Lipinski definition) is 3. The largest absolute Gasteiger partial charge is 0.337 e. The van der Waals surface area contributed by atoms with E-state index < -0.39 is 0 Å². The highest BCUT2D eigenvalue weighted by Gasteiger charge is 2.36. The van der Waals surface area contributed by atoms with Crippen molar-refractivity contribution in [3.8, 4) is 5.69 Å². The Balaban J connectivity index is 1.47. The summed E-state index contributed by atoms with van der Waals surface area (Å²) in [5, 5.41) is 0. The van der Waals surface area contributed by atoms with Gasteiger partial charge in [-0.3, -0.25) is 9.69 Å². The topological polar surface area (TPSA) is 41.4 Å². The predicted octanol–water partition coefficient (Wildman–Crippen LogP) is 3.37. The number of fused-ring (bicyclic) bond motifs is 4. The molecule has 3 aliphatic heterocycles. The summed E-state index contributed by atoms with van der Waals surface area (Å²) in [6.45, 7) is 8.14. The van der Waals surface area contributed by atoms with Gasteiger partial charge in [-0.25, -0.2) is 4.98 Å². The van der Waals surface area contributed by atoms with Crippen LogP contribution >= 0.6 is 0 Å². The lowest BCUT2D eigenvalue weighted by molar-refractivity contribution is 0.0740. The molecule has 0 saturated carbocycles. The molecular formula is C22H28N4O. The molecule has 142 valence electrons. The zero-order valence-electron chi connectivity index (χ0n) is 16.2. The number of aromatic nitrogens is 2. The van der Waals surface area contributed by atoms with Crippen LogP contribution in [0, 0.1) is 5.92 Å². The van der Waals surface area contributed by atoms with E-state index in [0.29, 0.717) is 12.0 Å². The average Bonchev–Trinajstić information content (AvgIpc) is 3.06. The minimum Gasteiger partial charge on any atom is -0.337 e. The van der Waals surface area contributed by atoms with E-state index in [1.54, 1.807) is 12.5 Å². The van der Waals surface area contributed by atoms with Crippen molar-refractivity contribution in [3.05, 3.63) is 60.2 Å². The number of piperidine rings is 1. The standard InChI is InChI=1S/C22H28N4O/c1-17(2)9-11-24-13-18-3-6-21(24)15-26(14-18)22(27)19-4-7-20(8-5-19)25-12-10-23-16-25/h4-5,7-10,12,16,18,21H,3,6,11,13-15H2,1-2H3/t18-,21-/m0/s1. The second kappa shape index (κ2) is 7.69. The molecule has 5 heteroatoms. The van der Waals surface area contributed by atoms with Crippen molar-refractivity contribution < 1.29 is 4.79 Å². The SMILES string of the molecule is CC(C)=CCN1C[C@@H]2CC[C@H]1CN(C(=O)c1ccc(-n3ccnc3)cc1)C2. The molecule has 0 unspecified atom stereocenters. The molecule has 27 heavy (non-hydrogen) atoms. The molecule has 0 radical (unpaired) electrons. The van der Waals surface area contributed by atoms with Crippen LogP contribution in [-0.2, 0) is 0 Å². The summed E-state index contributed by atoms with van der Waals surface area (Å²) in [6, 6.07) is 8.33. The summed E-state index contributed by atoms with van der Waals surface area (Å²) in [5.41, 5.74) is 3.16. The number of hydrogen-bond donors (Lipinski definition) is 0. The van der Waals surface area contributed by atoms with E-state index in [-0.39, 0.29) is 5.91 Å². The summed E-state index contributed by atoms with van der Waals surface area (Å²) < 4.78 is 1.95. The smallest absolute Gasteiger partial charge is 0.253 e. The van der Waals surface area contributed by atoms with Crippen LogP contribution in [0.2, 0.25) is 0 Å². The molecule has 5 nitrogen and oxygen atoms in total. The summed E-state index contributed by atoms with van der Waals surface area (Å²) in [4.78, 5) is 21.8. The predicted molar refractivity (Wildman–Crippen MR) is 107 cm³/mol. The van der Waals surface area contributed by atoms with Crippen LogP contribution in [0.15, 0.2) is 54.6 Å². The summed E-state index contributed by atoms with van der Waals surface area (Å²) in [6.07, 6.45) is 10.2. The molecule has 1 amide bonds. The highest BCUT2D eigenvalue weighted by molar-refractivity contribution is 5.94. The van der Waals surface area contributed by atoms with Gasteiger partial charge in [0.15, 0.2) is 0 Å². The summed E-state index contributed by atoms with van der Waals surface area (Å²) in [7, 11) is 0. The van der Waals surface area contributed by atoms with Crippen molar-refractivity contribution in [2.75, 3.05) is 26.2 Å². The Morgan fingerprint density at radius 3 is 2.67 bits per heavy atom. The van der Waals surface area contributed by atoms with Crippen molar-refractivity contribution >= 4 is 5.91 Å². The van der Waals surface area contributed by atoms with Crippen LogP contribution in [-0.4, -0.2) is 57.5 Å². The van der Waals surface area contributed by atoms with Crippen molar-refractivity contribution in [3.63, 3.8) is 0 Å². The van der Waals surface area contributed by atoms with E-state index >= 15 is 0 Å². The van der Waals surface area contributed by atoms with Gasteiger partial charge < -0.3 is 9.47 Å². The first kappa shape index (κ1) is 18.0. The first-order valence-corrected chi connectivity index (χ1v) is 9.85. The van der Waals surface area contributed by atoms with Gasteiger partial charge in [-0.05, 0) is 56.9 Å². The molecule has 0 spiro atoms. The van der Waals surface area contributed by atoms with E-state index in [9.17, 15) is 4.79 Å². The van der Waals surface area contributed by atoms with Crippen molar-refractivity contribution in [1.82, 2.24) is 19.4 Å². The van der Waals surface area contributed by atoms with Gasteiger partial charge >= 0.3 is 0 Å². The molecule has 5 rings (SSSR count). The minimum absolute atomic E-state index is 0.160. The number of imidazole rings is 1. The highest BCUT2D eigenvalue weighted by Crippen LogP contribution is 2.29. The van der Waals surface area contributed by atoms with Gasteiger partial charge in [-0.15, -0.1) is 0 Å². The van der Waals surface area contributed by atoms with Gasteiger partial charge in [0.2, 0.25) is 0 Å². The van der Waals surface area contributed by atoms with Crippen molar-refractivity contribution in [2.24, 2.45) is 5.92 Å². The Hall–Kier alpha value is -2.40. The number of rotatable bonds is 4. The number of carbonyl (C=O) groups excluding carboxylic acids is 1. The number of amides is 1. The Morgan fingerprint density at radius 1 is 1.15 bits per heavy atom. The van der Waals surface area contributed by atoms with Crippen LogP contribution in [0.25, 0.3) is 5.69 Å². The van der Waals surface area contributed by atoms with Gasteiger partial charge in [0.25, 0.3) is 5.91 Å². The van der Waals surface area contributed by atoms with E-state index in [0.717, 1.165) is 37.4 Å². The zero-order chi connectivity index (χ0) is 18.8. The maximum absolute atomic E-state index is 13.1. The third kappa shape index (κ3) is 3.98. The second-order valence-corrected chi connectivity index (χ2v) is 8.06. The molecular weight excluding hydrogens is 336 g/mol. The number of nitrogens with zero attached hydrogens (tertiary/aromatic N) is 4. The van der Waals surface area contributed by atoms with Crippen LogP contribution in [0.4, 0.5) is 0 Å². The second-order valence-electron chi connectivity index (χ2n) is 8.06. The molecule has 2 aromatic rings. The lowest BCUT2D eigenvalue weighted by Crippen LogP contribution is -2.44. The molecule has 0 aliphatic carbocycles. The fourth-order valence-corrected chi connectivity index (χ4v) is 4.24. The maximum atomic E-state index is 13.1. The third-order valence-corrected chi connectivity index (χ3v) is 5.77. The van der Waals surface area contributed by atoms with Gasteiger partial charge in [0.1, 0.15) is 0 Å². The minimum atomic E-state index is 0.160. The van der Waals surface area contributed by atoms with Crippen LogP contribution < -0.4 is 0 Å².